The molecule has 4 aromatic rings. The highest BCUT2D eigenvalue weighted by atomic mass is 79.9. The van der Waals surface area contributed by atoms with E-state index in [4.69, 9.17) is 4.98 Å². The van der Waals surface area contributed by atoms with Gasteiger partial charge in [0.25, 0.3) is 0 Å². The standard InChI is InChI=1S/C22H14BrNO2/c23-14-7-9-19-17(10-14)18(22(25)26)11-20(24-19)15-8-6-13-5-4-12-2-1-3-16(15)21(12)13/h1-3,6-11H,4-5H2,(H,25,26)/p-1. The Morgan fingerprint density at radius 3 is 2.58 bits per heavy atom. The van der Waals surface area contributed by atoms with Crippen molar-refractivity contribution >= 4 is 43.6 Å². The predicted octanol–water partition coefficient (Wildman–Crippen LogP) is 4.28. The summed E-state index contributed by atoms with van der Waals surface area (Å²) in [4.78, 5) is 16.5. The molecule has 0 atom stereocenters. The van der Waals surface area contributed by atoms with Crippen molar-refractivity contribution in [2.45, 2.75) is 12.8 Å². The Balaban J connectivity index is 1.85. The van der Waals surface area contributed by atoms with E-state index in [2.05, 4.69) is 46.3 Å². The number of nitrogens with zero attached hydrogens (tertiary/aromatic N) is 1. The molecule has 126 valence electrons. The molecule has 0 unspecified atom stereocenters. The molecule has 1 aliphatic carbocycles. The summed E-state index contributed by atoms with van der Waals surface area (Å²) in [6.45, 7) is 0. The fourth-order valence-electron chi connectivity index (χ4n) is 3.98. The summed E-state index contributed by atoms with van der Waals surface area (Å²) in [6, 6.07) is 17.6. The van der Waals surface area contributed by atoms with E-state index in [0.29, 0.717) is 16.6 Å². The number of pyridine rings is 1. The third-order valence-electron chi connectivity index (χ3n) is 5.14. The lowest BCUT2D eigenvalue weighted by molar-refractivity contribution is -0.254. The number of halogens is 1. The van der Waals surface area contributed by atoms with Gasteiger partial charge in [0.15, 0.2) is 0 Å². The maximum atomic E-state index is 11.7. The summed E-state index contributed by atoms with van der Waals surface area (Å²) >= 11 is 3.39. The van der Waals surface area contributed by atoms with Crippen LogP contribution in [0.2, 0.25) is 0 Å². The Morgan fingerprint density at radius 2 is 1.77 bits per heavy atom. The van der Waals surface area contributed by atoms with Crippen molar-refractivity contribution in [1.82, 2.24) is 4.98 Å². The van der Waals surface area contributed by atoms with Crippen molar-refractivity contribution in [2.75, 3.05) is 0 Å². The van der Waals surface area contributed by atoms with E-state index in [0.717, 1.165) is 28.3 Å². The predicted molar refractivity (Wildman–Crippen MR) is 104 cm³/mol. The fraction of sp³-hybridized carbons (Fsp3) is 0.0909. The number of carbonyl (C=O) groups is 1. The Morgan fingerprint density at radius 1 is 0.962 bits per heavy atom. The van der Waals surface area contributed by atoms with Crippen molar-refractivity contribution in [1.29, 1.82) is 0 Å². The van der Waals surface area contributed by atoms with Crippen LogP contribution in [0.4, 0.5) is 0 Å². The van der Waals surface area contributed by atoms with Gasteiger partial charge in [0.1, 0.15) is 0 Å². The van der Waals surface area contributed by atoms with Crippen molar-refractivity contribution in [3.63, 3.8) is 0 Å². The van der Waals surface area contributed by atoms with Crippen LogP contribution in [0.1, 0.15) is 21.5 Å². The maximum Gasteiger partial charge on any atom is 0.0722 e. The molecule has 0 saturated carbocycles. The number of fused-ring (bicyclic) bond motifs is 1. The number of benzene rings is 3. The molecule has 0 N–H and O–H groups in total. The molecule has 0 amide bonds. The van der Waals surface area contributed by atoms with E-state index >= 15 is 0 Å². The monoisotopic (exact) mass is 402 g/mol. The van der Waals surface area contributed by atoms with Gasteiger partial charge in [-0.05, 0) is 59.0 Å². The highest BCUT2D eigenvalue weighted by Crippen LogP contribution is 2.37. The summed E-state index contributed by atoms with van der Waals surface area (Å²) in [6.07, 6.45) is 2.11. The van der Waals surface area contributed by atoms with Gasteiger partial charge in [-0.15, -0.1) is 0 Å². The van der Waals surface area contributed by atoms with Crippen LogP contribution in [0.3, 0.4) is 0 Å². The first-order valence-corrected chi connectivity index (χ1v) is 9.26. The van der Waals surface area contributed by atoms with Gasteiger partial charge in [0.2, 0.25) is 0 Å². The van der Waals surface area contributed by atoms with E-state index in [-0.39, 0.29) is 5.56 Å². The number of aryl methyl sites for hydroxylation is 2. The molecule has 3 aromatic carbocycles. The van der Waals surface area contributed by atoms with Crippen LogP contribution in [-0.4, -0.2) is 11.0 Å². The van der Waals surface area contributed by atoms with Crippen LogP contribution in [0.5, 0.6) is 0 Å². The molecule has 0 radical (unpaired) electrons. The van der Waals surface area contributed by atoms with Gasteiger partial charge in [0, 0.05) is 21.0 Å². The lowest BCUT2D eigenvalue weighted by Crippen LogP contribution is -2.22. The Kier molecular flexibility index (Phi) is 3.37. The minimum atomic E-state index is -1.19. The quantitative estimate of drug-likeness (QED) is 0.502. The first-order valence-electron chi connectivity index (χ1n) is 8.47. The van der Waals surface area contributed by atoms with Crippen molar-refractivity contribution in [2.24, 2.45) is 0 Å². The highest BCUT2D eigenvalue weighted by Gasteiger charge is 2.18. The molecule has 0 saturated heterocycles. The van der Waals surface area contributed by atoms with Gasteiger partial charge in [-0.25, -0.2) is 4.98 Å². The SMILES string of the molecule is O=C([O-])c1cc(-c2ccc3c4c(cccc24)CC3)nc2ccc(Br)cc12. The van der Waals surface area contributed by atoms with Gasteiger partial charge in [-0.3, -0.25) is 0 Å². The smallest absolute Gasteiger partial charge is 0.0722 e. The average Bonchev–Trinajstić information content (AvgIpc) is 3.06. The number of carbonyl (C=O) groups excluding carboxylic acids is 1. The lowest BCUT2D eigenvalue weighted by Gasteiger charge is -2.13. The molecule has 3 nitrogen and oxygen atoms in total. The van der Waals surface area contributed by atoms with Crippen LogP contribution in [-0.2, 0) is 12.8 Å². The summed E-state index contributed by atoms with van der Waals surface area (Å²) in [7, 11) is 0. The van der Waals surface area contributed by atoms with Gasteiger partial charge >= 0.3 is 0 Å². The second kappa shape index (κ2) is 5.64. The van der Waals surface area contributed by atoms with Crippen LogP contribution in [0.25, 0.3) is 32.9 Å². The maximum absolute atomic E-state index is 11.7. The van der Waals surface area contributed by atoms with Crippen LogP contribution < -0.4 is 5.11 Å². The zero-order valence-corrected chi connectivity index (χ0v) is 15.3. The van der Waals surface area contributed by atoms with Gasteiger partial charge in [-0.2, -0.15) is 0 Å². The number of aromatic nitrogens is 1. The molecule has 0 fully saturated rings. The molecule has 26 heavy (non-hydrogen) atoms. The second-order valence-corrected chi connectivity index (χ2v) is 7.53. The molecular formula is C22H13BrNO2-. The third kappa shape index (κ3) is 2.26. The van der Waals surface area contributed by atoms with Crippen LogP contribution in [0, 0.1) is 0 Å². The molecule has 1 aliphatic rings. The van der Waals surface area contributed by atoms with Crippen LogP contribution in [0.15, 0.2) is 59.1 Å². The zero-order valence-electron chi connectivity index (χ0n) is 13.8. The topological polar surface area (TPSA) is 53.0 Å². The molecule has 0 bridgehead atoms. The van der Waals surface area contributed by atoms with E-state index in [1.807, 2.05) is 12.1 Å². The molecular weight excluding hydrogens is 390 g/mol. The number of carboxylic acids is 1. The van der Waals surface area contributed by atoms with Gasteiger partial charge < -0.3 is 9.90 Å². The van der Waals surface area contributed by atoms with Crippen molar-refractivity contribution < 1.29 is 9.90 Å². The normalized spacial score (nSPS) is 12.8. The Labute approximate surface area is 158 Å². The molecule has 5 rings (SSSR count). The van der Waals surface area contributed by atoms with Crippen molar-refractivity contribution in [3.8, 4) is 11.3 Å². The van der Waals surface area contributed by atoms with E-state index in [1.165, 1.54) is 16.5 Å². The Bertz CT molecular complexity index is 1220. The molecule has 1 aromatic heterocycles. The van der Waals surface area contributed by atoms with E-state index < -0.39 is 5.97 Å². The second-order valence-electron chi connectivity index (χ2n) is 6.62. The number of aromatic carboxylic acids is 1. The third-order valence-corrected chi connectivity index (χ3v) is 5.64. The first-order chi connectivity index (χ1) is 12.6. The number of hydrogen-bond acceptors (Lipinski definition) is 3. The Hall–Kier alpha value is -2.72. The minimum Gasteiger partial charge on any atom is -0.545 e. The molecule has 0 spiro atoms. The lowest BCUT2D eigenvalue weighted by atomic mass is 9.96. The highest BCUT2D eigenvalue weighted by molar-refractivity contribution is 9.10. The number of carboxylic acid groups (broad SMARTS) is 1. The largest absolute Gasteiger partial charge is 0.545 e. The minimum absolute atomic E-state index is 0.162. The zero-order chi connectivity index (χ0) is 17.8. The molecule has 4 heteroatoms. The fourth-order valence-corrected chi connectivity index (χ4v) is 4.34. The summed E-state index contributed by atoms with van der Waals surface area (Å²) in [5, 5.41) is 14.7. The summed E-state index contributed by atoms with van der Waals surface area (Å²) in [5.41, 5.74) is 5.13. The van der Waals surface area contributed by atoms with Gasteiger partial charge in [0.05, 0.1) is 17.2 Å². The van der Waals surface area contributed by atoms with E-state index in [9.17, 15) is 9.90 Å². The molecule has 1 heterocycles. The average molecular weight is 403 g/mol. The van der Waals surface area contributed by atoms with E-state index in [1.54, 1.807) is 12.1 Å². The van der Waals surface area contributed by atoms with Crippen LogP contribution >= 0.6 is 15.9 Å². The number of rotatable bonds is 2. The number of hydrogen-bond donors (Lipinski definition) is 0. The molecule has 0 aliphatic heterocycles. The summed E-state index contributed by atoms with van der Waals surface area (Å²) < 4.78 is 0.812. The summed E-state index contributed by atoms with van der Waals surface area (Å²) in [5.74, 6) is -1.19. The van der Waals surface area contributed by atoms with Crippen molar-refractivity contribution in [3.05, 3.63) is 75.8 Å². The van der Waals surface area contributed by atoms with Gasteiger partial charge in [-0.1, -0.05) is 46.3 Å². The first kappa shape index (κ1) is 15.5.